The van der Waals surface area contributed by atoms with Crippen LogP contribution in [-0.2, 0) is 17.5 Å². The number of hydrogen-bond donors (Lipinski definition) is 0. The molecule has 2 rings (SSSR count). The van der Waals surface area contributed by atoms with Crippen molar-refractivity contribution in [1.29, 1.82) is 0 Å². The maximum Gasteiger partial charge on any atom is 0.416 e. The van der Waals surface area contributed by atoms with Gasteiger partial charge in [-0.1, -0.05) is 6.07 Å². The lowest BCUT2D eigenvalue weighted by Gasteiger charge is -2.09. The molecule has 0 bridgehead atoms. The zero-order valence-electron chi connectivity index (χ0n) is 10.9. The van der Waals surface area contributed by atoms with Gasteiger partial charge in [-0.05, 0) is 30.3 Å². The highest BCUT2D eigenvalue weighted by atomic mass is 19.4. The van der Waals surface area contributed by atoms with Crippen molar-refractivity contribution in [3.05, 3.63) is 53.5 Å². The molecule has 0 unspecified atom stereocenters. The van der Waals surface area contributed by atoms with Gasteiger partial charge in [-0.25, -0.2) is 4.79 Å². The fraction of sp³-hybridized carbons (Fsp3) is 0.214. The van der Waals surface area contributed by atoms with Crippen molar-refractivity contribution in [1.82, 2.24) is 0 Å². The SMILES string of the molecule is COC(=O)c1ccc(COc2cccc(C(F)(F)F)c2)o1. The number of hydrogen-bond acceptors (Lipinski definition) is 4. The van der Waals surface area contributed by atoms with Crippen LogP contribution < -0.4 is 4.74 Å². The molecule has 4 nitrogen and oxygen atoms in total. The molecular weight excluding hydrogens is 289 g/mol. The van der Waals surface area contributed by atoms with Crippen molar-refractivity contribution in [2.45, 2.75) is 12.8 Å². The first-order chi connectivity index (χ1) is 9.90. The highest BCUT2D eigenvalue weighted by molar-refractivity contribution is 5.86. The van der Waals surface area contributed by atoms with Crippen LogP contribution in [0.25, 0.3) is 0 Å². The second-order valence-electron chi connectivity index (χ2n) is 4.07. The van der Waals surface area contributed by atoms with E-state index in [9.17, 15) is 18.0 Å². The zero-order chi connectivity index (χ0) is 15.5. The van der Waals surface area contributed by atoms with Crippen LogP contribution in [-0.4, -0.2) is 13.1 Å². The summed E-state index contributed by atoms with van der Waals surface area (Å²) in [5.41, 5.74) is -0.797. The fourth-order valence-corrected chi connectivity index (χ4v) is 1.58. The lowest BCUT2D eigenvalue weighted by molar-refractivity contribution is -0.137. The molecule has 7 heteroatoms. The Morgan fingerprint density at radius 3 is 2.67 bits per heavy atom. The average Bonchev–Trinajstić information content (AvgIpc) is 2.92. The van der Waals surface area contributed by atoms with E-state index in [1.807, 2.05) is 0 Å². The van der Waals surface area contributed by atoms with Gasteiger partial charge in [-0.3, -0.25) is 0 Å². The minimum Gasteiger partial charge on any atom is -0.486 e. The Morgan fingerprint density at radius 1 is 1.24 bits per heavy atom. The van der Waals surface area contributed by atoms with Gasteiger partial charge in [0.25, 0.3) is 0 Å². The van der Waals surface area contributed by atoms with Gasteiger partial charge in [0, 0.05) is 0 Å². The third-order valence-corrected chi connectivity index (χ3v) is 2.59. The van der Waals surface area contributed by atoms with E-state index in [4.69, 9.17) is 9.15 Å². The molecule has 0 saturated carbocycles. The quantitative estimate of drug-likeness (QED) is 0.808. The molecule has 0 aliphatic carbocycles. The van der Waals surface area contributed by atoms with Gasteiger partial charge in [-0.15, -0.1) is 0 Å². The molecule has 21 heavy (non-hydrogen) atoms. The summed E-state index contributed by atoms with van der Waals surface area (Å²) in [5.74, 6) is -0.283. The average molecular weight is 300 g/mol. The Morgan fingerprint density at radius 2 is 2.00 bits per heavy atom. The second kappa shape index (κ2) is 5.90. The van der Waals surface area contributed by atoms with Crippen LogP contribution in [0.5, 0.6) is 5.75 Å². The third kappa shape index (κ3) is 3.77. The fourth-order valence-electron chi connectivity index (χ4n) is 1.58. The van der Waals surface area contributed by atoms with Crippen molar-refractivity contribution in [3.63, 3.8) is 0 Å². The van der Waals surface area contributed by atoms with Gasteiger partial charge in [0.2, 0.25) is 5.76 Å². The summed E-state index contributed by atoms with van der Waals surface area (Å²) in [5, 5.41) is 0. The monoisotopic (exact) mass is 300 g/mol. The van der Waals surface area contributed by atoms with Crippen LogP contribution >= 0.6 is 0 Å². The van der Waals surface area contributed by atoms with E-state index in [2.05, 4.69) is 4.74 Å². The molecule has 0 aliphatic heterocycles. The van der Waals surface area contributed by atoms with Crippen molar-refractivity contribution < 1.29 is 31.9 Å². The van der Waals surface area contributed by atoms with Crippen molar-refractivity contribution >= 4 is 5.97 Å². The standard InChI is InChI=1S/C14H11F3O4/c1-19-13(18)12-6-5-11(21-12)8-20-10-4-2-3-9(7-10)14(15,16)17/h2-7H,8H2,1H3. The van der Waals surface area contributed by atoms with Crippen molar-refractivity contribution in [3.8, 4) is 5.75 Å². The summed E-state index contributed by atoms with van der Waals surface area (Å²) in [4.78, 5) is 11.2. The number of methoxy groups -OCH3 is 1. The molecular formula is C14H11F3O4. The van der Waals surface area contributed by atoms with Gasteiger partial charge in [0.15, 0.2) is 0 Å². The summed E-state index contributed by atoms with van der Waals surface area (Å²) >= 11 is 0. The Balaban J connectivity index is 2.03. The predicted molar refractivity (Wildman–Crippen MR) is 65.8 cm³/mol. The largest absolute Gasteiger partial charge is 0.486 e. The smallest absolute Gasteiger partial charge is 0.416 e. The van der Waals surface area contributed by atoms with Crippen LogP contribution in [0.15, 0.2) is 40.8 Å². The number of esters is 1. The summed E-state index contributed by atoms with van der Waals surface area (Å²) in [6.07, 6.45) is -4.43. The number of carbonyl (C=O) groups is 1. The van der Waals surface area contributed by atoms with Crippen molar-refractivity contribution in [2.75, 3.05) is 7.11 Å². The van der Waals surface area contributed by atoms with Crippen LogP contribution in [0.4, 0.5) is 13.2 Å². The molecule has 1 heterocycles. The first-order valence-corrected chi connectivity index (χ1v) is 5.87. The highest BCUT2D eigenvalue weighted by Crippen LogP contribution is 2.31. The van der Waals surface area contributed by atoms with Gasteiger partial charge in [-0.2, -0.15) is 13.2 Å². The molecule has 1 aromatic heterocycles. The number of carbonyl (C=O) groups excluding carboxylic acids is 1. The van der Waals surface area contributed by atoms with Gasteiger partial charge in [0.05, 0.1) is 12.7 Å². The number of rotatable bonds is 4. The van der Waals surface area contributed by atoms with Crippen LogP contribution in [0.2, 0.25) is 0 Å². The summed E-state index contributed by atoms with van der Waals surface area (Å²) in [6.45, 7) is -0.0989. The topological polar surface area (TPSA) is 48.7 Å². The molecule has 112 valence electrons. The van der Waals surface area contributed by atoms with Crippen LogP contribution in [0.1, 0.15) is 21.9 Å². The minimum absolute atomic E-state index is 0.000132. The van der Waals surface area contributed by atoms with E-state index in [0.717, 1.165) is 12.1 Å². The molecule has 0 spiro atoms. The molecule has 0 N–H and O–H groups in total. The van der Waals surface area contributed by atoms with Crippen LogP contribution in [0, 0.1) is 0 Å². The first kappa shape index (κ1) is 15.0. The second-order valence-corrected chi connectivity index (χ2v) is 4.07. The molecule has 0 amide bonds. The third-order valence-electron chi connectivity index (χ3n) is 2.59. The van der Waals surface area contributed by atoms with E-state index in [1.165, 1.54) is 31.4 Å². The summed E-state index contributed by atoms with van der Waals surface area (Å²) in [7, 11) is 1.21. The molecule has 0 radical (unpaired) electrons. The van der Waals surface area contributed by atoms with Gasteiger partial charge in [0.1, 0.15) is 18.1 Å². The Kier molecular flexibility index (Phi) is 4.21. The molecule has 1 aromatic carbocycles. The number of ether oxygens (including phenoxy) is 2. The van der Waals surface area contributed by atoms with Gasteiger partial charge >= 0.3 is 12.1 Å². The molecule has 0 saturated heterocycles. The predicted octanol–water partition coefficient (Wildman–Crippen LogP) is 3.66. The molecule has 2 aromatic rings. The number of furan rings is 1. The van der Waals surface area contributed by atoms with E-state index in [1.54, 1.807) is 0 Å². The molecule has 0 aliphatic rings. The van der Waals surface area contributed by atoms with E-state index < -0.39 is 17.7 Å². The summed E-state index contributed by atoms with van der Waals surface area (Å²) in [6, 6.07) is 7.38. The van der Waals surface area contributed by atoms with Crippen LogP contribution in [0.3, 0.4) is 0 Å². The van der Waals surface area contributed by atoms with E-state index in [-0.39, 0.29) is 18.1 Å². The number of alkyl halides is 3. The highest BCUT2D eigenvalue weighted by Gasteiger charge is 2.30. The normalized spacial score (nSPS) is 11.2. The number of halogens is 3. The molecule has 0 fully saturated rings. The van der Waals surface area contributed by atoms with Crippen molar-refractivity contribution in [2.24, 2.45) is 0 Å². The van der Waals surface area contributed by atoms with E-state index in [0.29, 0.717) is 5.76 Å². The zero-order valence-corrected chi connectivity index (χ0v) is 10.9. The lowest BCUT2D eigenvalue weighted by Crippen LogP contribution is -2.05. The maximum atomic E-state index is 12.5. The maximum absolute atomic E-state index is 12.5. The van der Waals surface area contributed by atoms with E-state index >= 15 is 0 Å². The number of benzene rings is 1. The minimum atomic E-state index is -4.43. The summed E-state index contributed by atoms with van der Waals surface area (Å²) < 4.78 is 52.4. The Bertz CT molecular complexity index is 631. The lowest BCUT2D eigenvalue weighted by atomic mass is 10.2. The van der Waals surface area contributed by atoms with Gasteiger partial charge < -0.3 is 13.9 Å². The Labute approximate surface area is 118 Å². The molecule has 0 atom stereocenters. The Hall–Kier alpha value is -2.44. The first-order valence-electron chi connectivity index (χ1n) is 5.87.